The van der Waals surface area contributed by atoms with Crippen LogP contribution in [0.4, 0.5) is 0 Å². The Morgan fingerprint density at radius 3 is 2.45 bits per heavy atom. The third-order valence-electron chi connectivity index (χ3n) is 4.42. The van der Waals surface area contributed by atoms with E-state index in [0.29, 0.717) is 0 Å². The normalized spacial score (nSPS) is 18.9. The van der Waals surface area contributed by atoms with Gasteiger partial charge in [-0.15, -0.1) is 0 Å². The molecule has 0 aromatic heterocycles. The highest BCUT2D eigenvalue weighted by molar-refractivity contribution is 6.97. The molecule has 0 unspecified atom stereocenters. The predicted molar refractivity (Wildman–Crippen MR) is 90.6 cm³/mol. The molecule has 0 saturated heterocycles. The summed E-state index contributed by atoms with van der Waals surface area (Å²) in [7, 11) is 2.63. The highest BCUT2D eigenvalue weighted by Crippen LogP contribution is 2.33. The van der Waals surface area contributed by atoms with Crippen molar-refractivity contribution in [2.45, 2.75) is 20.0 Å². The Balaban J connectivity index is 2.26. The Kier molecular flexibility index (Phi) is 2.94. The van der Waals surface area contributed by atoms with E-state index in [9.17, 15) is 0 Å². The number of benzene rings is 1. The van der Waals surface area contributed by atoms with Crippen LogP contribution in [0.3, 0.4) is 0 Å². The van der Waals surface area contributed by atoms with Gasteiger partial charge < -0.3 is 0 Å². The fraction of sp³-hybridized carbons (Fsp3) is 0.278. The van der Waals surface area contributed by atoms with Gasteiger partial charge in [0.05, 0.1) is 0 Å². The van der Waals surface area contributed by atoms with Gasteiger partial charge in [0.2, 0.25) is 0 Å². The minimum atomic E-state index is -1.60. The molecular weight excluding hydrogens is 258 g/mol. The molecule has 102 valence electrons. The Bertz CT molecular complexity index is 711. The summed E-state index contributed by atoms with van der Waals surface area (Å²) < 4.78 is 2.19. The first kappa shape index (κ1) is 13.3. The first-order valence-electron chi connectivity index (χ1n) is 7.17. The summed E-state index contributed by atoms with van der Waals surface area (Å²) in [4.78, 5) is 0. The van der Waals surface area contributed by atoms with Crippen LogP contribution in [0, 0.1) is 6.92 Å². The molecule has 0 atom stereocenters. The first-order chi connectivity index (χ1) is 9.39. The predicted octanol–water partition coefficient (Wildman–Crippen LogP) is 3.06. The average Bonchev–Trinajstić information content (AvgIpc) is 2.39. The molecule has 0 N–H and O–H groups in total. The molecule has 0 bridgehead atoms. The monoisotopic (exact) mass is 280 g/mol. The molecule has 1 nitrogen and oxygen atoms in total. The minimum Gasteiger partial charge on any atom is -0.235 e. The molecule has 2 aliphatic rings. The molecule has 1 heterocycles. The third-order valence-corrected chi connectivity index (χ3v) is 7.98. The average molecular weight is 280 g/mol. The SMILES string of the molecule is Cc1ccc2c(c1)[Si](C)(C)C1=CC(=[N+](C)C)C=CC1=C2. The van der Waals surface area contributed by atoms with E-state index in [2.05, 4.69) is 81.2 Å². The molecule has 3 rings (SSSR count). The quantitative estimate of drug-likeness (QED) is 0.507. The summed E-state index contributed by atoms with van der Waals surface area (Å²) in [5, 5.41) is 3.13. The van der Waals surface area contributed by atoms with E-state index in [4.69, 9.17) is 0 Å². The molecule has 0 fully saturated rings. The summed E-state index contributed by atoms with van der Waals surface area (Å²) in [5.74, 6) is 0. The first-order valence-corrected chi connectivity index (χ1v) is 10.2. The lowest BCUT2D eigenvalue weighted by atomic mass is 10.0. The zero-order valence-electron chi connectivity index (χ0n) is 13.0. The maximum Gasteiger partial charge on any atom is 0.199 e. The van der Waals surface area contributed by atoms with Crippen LogP contribution in [-0.4, -0.2) is 32.5 Å². The summed E-state index contributed by atoms with van der Waals surface area (Å²) in [6.07, 6.45) is 9.24. The van der Waals surface area contributed by atoms with Crippen LogP contribution < -0.4 is 5.19 Å². The van der Waals surface area contributed by atoms with Crippen LogP contribution in [0.2, 0.25) is 13.1 Å². The number of allylic oxidation sites excluding steroid dienone is 5. The second-order valence-electron chi connectivity index (χ2n) is 6.53. The van der Waals surface area contributed by atoms with Crippen molar-refractivity contribution in [2.24, 2.45) is 0 Å². The van der Waals surface area contributed by atoms with Gasteiger partial charge >= 0.3 is 0 Å². The van der Waals surface area contributed by atoms with E-state index >= 15 is 0 Å². The summed E-state index contributed by atoms with van der Waals surface area (Å²) >= 11 is 0. The van der Waals surface area contributed by atoms with E-state index in [0.717, 1.165) is 0 Å². The van der Waals surface area contributed by atoms with Crippen LogP contribution in [0.15, 0.2) is 47.2 Å². The van der Waals surface area contributed by atoms with Crippen molar-refractivity contribution >= 4 is 25.0 Å². The maximum atomic E-state index is 2.47. The van der Waals surface area contributed by atoms with Gasteiger partial charge in [0, 0.05) is 12.2 Å². The third kappa shape index (κ3) is 1.95. The molecule has 2 heteroatoms. The lowest BCUT2D eigenvalue weighted by Crippen LogP contribution is -2.48. The lowest BCUT2D eigenvalue weighted by molar-refractivity contribution is -0.462. The molecule has 0 spiro atoms. The van der Waals surface area contributed by atoms with Gasteiger partial charge in [0.1, 0.15) is 22.2 Å². The van der Waals surface area contributed by atoms with Crippen molar-refractivity contribution in [1.29, 1.82) is 0 Å². The van der Waals surface area contributed by atoms with E-state index in [1.807, 2.05) is 0 Å². The molecule has 1 aliphatic heterocycles. The summed E-state index contributed by atoms with van der Waals surface area (Å²) in [5.41, 5.74) is 5.49. The van der Waals surface area contributed by atoms with E-state index in [1.165, 1.54) is 22.4 Å². The molecular formula is C18H22NSi+. The smallest absolute Gasteiger partial charge is 0.199 e. The van der Waals surface area contributed by atoms with Gasteiger partial charge in [-0.25, -0.2) is 4.58 Å². The minimum absolute atomic E-state index is 1.30. The van der Waals surface area contributed by atoms with Crippen LogP contribution in [0.5, 0.6) is 0 Å². The Labute approximate surface area is 122 Å². The topological polar surface area (TPSA) is 3.01 Å². The number of hydrogen-bond donors (Lipinski definition) is 0. The van der Waals surface area contributed by atoms with Crippen molar-refractivity contribution in [1.82, 2.24) is 0 Å². The summed E-state index contributed by atoms with van der Waals surface area (Å²) in [6, 6.07) is 6.89. The van der Waals surface area contributed by atoms with Crippen molar-refractivity contribution < 1.29 is 4.58 Å². The molecule has 0 amide bonds. The van der Waals surface area contributed by atoms with Gasteiger partial charge in [-0.05, 0) is 40.6 Å². The van der Waals surface area contributed by atoms with E-state index in [-0.39, 0.29) is 0 Å². The standard InChI is InChI=1S/C18H22NSi/c1-13-6-7-14-11-15-8-9-16(19(2)3)12-18(15)20(4,5)17(14)10-13/h6-12H,1-5H3/q+1. The molecule has 0 saturated carbocycles. The Morgan fingerprint density at radius 1 is 1.00 bits per heavy atom. The highest BCUT2D eigenvalue weighted by Gasteiger charge is 2.36. The molecule has 0 radical (unpaired) electrons. The number of hydrogen-bond acceptors (Lipinski definition) is 0. The van der Waals surface area contributed by atoms with Gasteiger partial charge in [0.25, 0.3) is 0 Å². The molecule has 1 aromatic carbocycles. The number of fused-ring (bicyclic) bond motifs is 2. The highest BCUT2D eigenvalue weighted by atomic mass is 28.3. The van der Waals surface area contributed by atoms with Crippen LogP contribution in [0.1, 0.15) is 11.1 Å². The lowest BCUT2D eigenvalue weighted by Gasteiger charge is -2.34. The maximum absolute atomic E-state index is 2.47. The van der Waals surface area contributed by atoms with Crippen molar-refractivity contribution in [2.75, 3.05) is 14.1 Å². The number of nitrogens with zero attached hydrogens (tertiary/aromatic N) is 1. The second-order valence-corrected chi connectivity index (χ2v) is 10.9. The number of rotatable bonds is 0. The van der Waals surface area contributed by atoms with E-state index < -0.39 is 8.07 Å². The van der Waals surface area contributed by atoms with Gasteiger partial charge in [-0.1, -0.05) is 36.9 Å². The van der Waals surface area contributed by atoms with Gasteiger partial charge in [-0.2, -0.15) is 0 Å². The van der Waals surface area contributed by atoms with Gasteiger partial charge in [-0.3, -0.25) is 0 Å². The molecule has 1 aliphatic carbocycles. The van der Waals surface area contributed by atoms with Gasteiger partial charge in [0.15, 0.2) is 5.71 Å². The van der Waals surface area contributed by atoms with Crippen molar-refractivity contribution in [3.05, 3.63) is 58.3 Å². The molecule has 1 aromatic rings. The van der Waals surface area contributed by atoms with Crippen LogP contribution in [0.25, 0.3) is 6.08 Å². The van der Waals surface area contributed by atoms with Crippen LogP contribution in [-0.2, 0) is 0 Å². The zero-order valence-corrected chi connectivity index (χ0v) is 14.0. The Hall–Kier alpha value is -1.67. The Morgan fingerprint density at radius 2 is 1.75 bits per heavy atom. The fourth-order valence-corrected chi connectivity index (χ4v) is 6.28. The fourth-order valence-electron chi connectivity index (χ4n) is 3.14. The largest absolute Gasteiger partial charge is 0.235 e. The van der Waals surface area contributed by atoms with E-state index in [1.54, 1.807) is 10.4 Å². The number of aryl methyl sites for hydroxylation is 1. The van der Waals surface area contributed by atoms with Crippen molar-refractivity contribution in [3.63, 3.8) is 0 Å². The van der Waals surface area contributed by atoms with Crippen molar-refractivity contribution in [3.8, 4) is 0 Å². The van der Waals surface area contributed by atoms with Crippen LogP contribution >= 0.6 is 0 Å². The second kappa shape index (κ2) is 4.42. The zero-order chi connectivity index (χ0) is 14.5. The summed E-state index contributed by atoms with van der Waals surface area (Å²) in [6.45, 7) is 7.13. The molecule has 20 heavy (non-hydrogen) atoms.